The molecule has 0 unspecified atom stereocenters. The van der Waals surface area contributed by atoms with Gasteiger partial charge in [-0.05, 0) is 44.5 Å². The molecule has 1 amide bonds. The largest absolute Gasteiger partial charge is 0.496 e. The number of carboxylic acids is 1. The quantitative estimate of drug-likeness (QED) is 0.267. The van der Waals surface area contributed by atoms with Crippen LogP contribution in [-0.2, 0) is 17.9 Å². The number of ether oxygens (including phenoxy) is 2. The number of amides is 1. The fourth-order valence-corrected chi connectivity index (χ4v) is 5.21. The predicted molar refractivity (Wildman–Crippen MR) is 155 cm³/mol. The third-order valence-corrected chi connectivity index (χ3v) is 7.96. The van der Waals surface area contributed by atoms with E-state index in [1.54, 1.807) is 60.4 Å². The van der Waals surface area contributed by atoms with Gasteiger partial charge in [-0.15, -0.1) is 0 Å². The molecular weight excluding hydrogens is 569 g/mol. The molecule has 10 nitrogen and oxygen atoms in total. The Labute approximate surface area is 247 Å². The van der Waals surface area contributed by atoms with Crippen LogP contribution in [0.25, 0.3) is 28.1 Å². The van der Waals surface area contributed by atoms with Crippen LogP contribution in [0.15, 0.2) is 42.7 Å². The molecule has 2 aromatic carbocycles. The highest BCUT2D eigenvalue weighted by atomic mass is 35.5. The number of carboxylic acid groups (broad SMARTS) is 1. The number of benzene rings is 2. The van der Waals surface area contributed by atoms with Crippen LogP contribution < -0.4 is 9.47 Å². The molecular formula is C29H29Cl2N5O5. The molecule has 4 aromatic rings. The molecule has 0 saturated heterocycles. The number of hydrogen-bond donors (Lipinski definition) is 1. The summed E-state index contributed by atoms with van der Waals surface area (Å²) in [5, 5.41) is 19.0. The maximum absolute atomic E-state index is 13.9. The number of methoxy groups -OCH3 is 1. The van der Waals surface area contributed by atoms with Crippen LogP contribution >= 0.6 is 23.2 Å². The van der Waals surface area contributed by atoms with Crippen LogP contribution in [0.1, 0.15) is 43.2 Å². The van der Waals surface area contributed by atoms with Crippen molar-refractivity contribution < 1.29 is 24.2 Å². The van der Waals surface area contributed by atoms with Gasteiger partial charge in [0.25, 0.3) is 5.91 Å². The maximum Gasteiger partial charge on any atom is 0.325 e. The van der Waals surface area contributed by atoms with Crippen molar-refractivity contribution in [1.82, 2.24) is 24.5 Å². The molecule has 41 heavy (non-hydrogen) atoms. The summed E-state index contributed by atoms with van der Waals surface area (Å²) in [7, 11) is 3.31. The first kappa shape index (κ1) is 28.5. The van der Waals surface area contributed by atoms with Crippen molar-refractivity contribution in [1.29, 1.82) is 0 Å². The number of aliphatic carboxylic acids is 1. The highest BCUT2D eigenvalue weighted by molar-refractivity contribution is 6.34. The number of carbonyl (C=O) groups is 2. The summed E-state index contributed by atoms with van der Waals surface area (Å²) in [6, 6.07) is 8.71. The minimum atomic E-state index is -1.01. The van der Waals surface area contributed by atoms with E-state index >= 15 is 0 Å². The minimum absolute atomic E-state index is 0.108. The predicted octanol–water partition coefficient (Wildman–Crippen LogP) is 5.96. The Hall–Kier alpha value is -4.02. The Morgan fingerprint density at radius 3 is 2.49 bits per heavy atom. The molecule has 214 valence electrons. The van der Waals surface area contributed by atoms with Crippen LogP contribution in [0.2, 0.25) is 10.0 Å². The van der Waals surface area contributed by atoms with Gasteiger partial charge in [-0.1, -0.05) is 30.1 Å². The summed E-state index contributed by atoms with van der Waals surface area (Å²) in [5.41, 5.74) is 3.67. The van der Waals surface area contributed by atoms with Crippen LogP contribution in [0.5, 0.6) is 11.5 Å². The van der Waals surface area contributed by atoms with Crippen molar-refractivity contribution >= 4 is 35.1 Å². The Balaban J connectivity index is 1.74. The number of nitrogens with zero attached hydrogens (tertiary/aromatic N) is 5. The van der Waals surface area contributed by atoms with Crippen molar-refractivity contribution in [2.24, 2.45) is 0 Å². The number of hydrogen-bond acceptors (Lipinski definition) is 6. The first-order valence-corrected chi connectivity index (χ1v) is 13.7. The molecule has 3 heterocycles. The van der Waals surface area contributed by atoms with Gasteiger partial charge in [0.15, 0.2) is 5.69 Å². The van der Waals surface area contributed by atoms with E-state index in [4.69, 9.17) is 37.8 Å². The van der Waals surface area contributed by atoms with Crippen molar-refractivity contribution in [3.05, 3.63) is 64.0 Å². The van der Waals surface area contributed by atoms with Gasteiger partial charge in [0.05, 0.1) is 24.7 Å². The van der Waals surface area contributed by atoms with Crippen LogP contribution in [0.4, 0.5) is 0 Å². The first-order valence-electron chi connectivity index (χ1n) is 12.9. The molecule has 5 rings (SSSR count). The van der Waals surface area contributed by atoms with Gasteiger partial charge in [0, 0.05) is 57.1 Å². The average molecular weight is 598 g/mol. The van der Waals surface area contributed by atoms with E-state index in [1.807, 2.05) is 26.8 Å². The van der Waals surface area contributed by atoms with Gasteiger partial charge in [-0.25, -0.2) is 4.68 Å². The van der Waals surface area contributed by atoms with Gasteiger partial charge >= 0.3 is 5.97 Å². The standard InChI is InChI=1S/C29H29Cl2N5O5/c1-6-29(2,3)34(4)28(39)26-22-15-41-24-11-23(40-5)20(16-12-32-35(13-16)14-25(37)38)10-21(24)27(22)36(33-26)19-8-17(30)7-18(31)9-19/h7-13H,6,14-15H2,1-5H3,(H,37,38). The summed E-state index contributed by atoms with van der Waals surface area (Å²) in [6.07, 6.45) is 3.95. The van der Waals surface area contributed by atoms with E-state index in [9.17, 15) is 14.7 Å². The van der Waals surface area contributed by atoms with Gasteiger partial charge in [-0.3, -0.25) is 14.3 Å². The van der Waals surface area contributed by atoms with Gasteiger partial charge in [-0.2, -0.15) is 10.2 Å². The monoisotopic (exact) mass is 597 g/mol. The van der Waals surface area contributed by atoms with E-state index in [1.165, 1.54) is 4.68 Å². The van der Waals surface area contributed by atoms with E-state index in [0.717, 1.165) is 6.42 Å². The highest BCUT2D eigenvalue weighted by Gasteiger charge is 2.35. The smallest absolute Gasteiger partial charge is 0.325 e. The first-order chi connectivity index (χ1) is 19.4. The fraction of sp³-hybridized carbons (Fsp3) is 0.310. The van der Waals surface area contributed by atoms with Crippen LogP contribution in [0, 0.1) is 0 Å². The highest BCUT2D eigenvalue weighted by Crippen LogP contribution is 2.46. The van der Waals surface area contributed by atoms with Gasteiger partial charge in [0.1, 0.15) is 24.7 Å². The van der Waals surface area contributed by atoms with Crippen LogP contribution in [0.3, 0.4) is 0 Å². The summed E-state index contributed by atoms with van der Waals surface area (Å²) < 4.78 is 14.8. The zero-order valence-electron chi connectivity index (χ0n) is 23.2. The normalized spacial score (nSPS) is 12.4. The Morgan fingerprint density at radius 2 is 1.85 bits per heavy atom. The van der Waals surface area contributed by atoms with E-state index in [-0.39, 0.29) is 24.8 Å². The van der Waals surface area contributed by atoms with Crippen molar-refractivity contribution in [2.45, 2.75) is 45.9 Å². The Kier molecular flexibility index (Phi) is 7.48. The molecule has 1 N–H and O–H groups in total. The second-order valence-electron chi connectivity index (χ2n) is 10.4. The fourth-order valence-electron chi connectivity index (χ4n) is 4.69. The lowest BCUT2D eigenvalue weighted by molar-refractivity contribution is -0.137. The second-order valence-corrected chi connectivity index (χ2v) is 11.3. The number of halogens is 2. The maximum atomic E-state index is 13.9. The molecule has 1 aliphatic rings. The van der Waals surface area contributed by atoms with Gasteiger partial charge in [0.2, 0.25) is 0 Å². The lowest BCUT2D eigenvalue weighted by Crippen LogP contribution is -2.45. The van der Waals surface area contributed by atoms with E-state index < -0.39 is 11.5 Å². The molecule has 1 aliphatic heterocycles. The summed E-state index contributed by atoms with van der Waals surface area (Å²) in [4.78, 5) is 26.8. The molecule has 0 atom stereocenters. The third-order valence-electron chi connectivity index (χ3n) is 7.53. The lowest BCUT2D eigenvalue weighted by Gasteiger charge is -2.34. The molecule has 0 spiro atoms. The van der Waals surface area contributed by atoms with E-state index in [2.05, 4.69) is 5.10 Å². The summed E-state index contributed by atoms with van der Waals surface area (Å²) in [5.74, 6) is -0.200. The number of rotatable bonds is 8. The Bertz CT molecular complexity index is 1660. The molecule has 2 aromatic heterocycles. The number of fused-ring (bicyclic) bond motifs is 3. The Morgan fingerprint density at radius 1 is 1.15 bits per heavy atom. The number of aromatic nitrogens is 4. The zero-order valence-corrected chi connectivity index (χ0v) is 24.7. The topological polar surface area (TPSA) is 112 Å². The summed E-state index contributed by atoms with van der Waals surface area (Å²) >= 11 is 12.7. The van der Waals surface area contributed by atoms with E-state index in [0.29, 0.717) is 55.2 Å². The molecule has 0 bridgehead atoms. The lowest BCUT2D eigenvalue weighted by atomic mass is 9.96. The molecule has 0 fully saturated rings. The molecule has 0 aliphatic carbocycles. The number of carbonyl (C=O) groups excluding carboxylic acids is 1. The zero-order chi connectivity index (χ0) is 29.6. The van der Waals surface area contributed by atoms with Crippen LogP contribution in [-0.4, -0.2) is 61.1 Å². The molecule has 0 radical (unpaired) electrons. The summed E-state index contributed by atoms with van der Waals surface area (Å²) in [6.45, 7) is 5.85. The third kappa shape index (κ3) is 5.25. The minimum Gasteiger partial charge on any atom is -0.496 e. The molecule has 0 saturated carbocycles. The SMILES string of the molecule is CCC(C)(C)N(C)C(=O)c1nn(-c2cc(Cl)cc(Cl)c2)c2c1COc1cc(OC)c(-c3cnn(CC(=O)O)c3)cc1-2. The average Bonchev–Trinajstić information content (AvgIpc) is 3.55. The second kappa shape index (κ2) is 10.8. The molecule has 12 heteroatoms. The van der Waals surface area contributed by atoms with Crippen molar-refractivity contribution in [3.63, 3.8) is 0 Å². The van der Waals surface area contributed by atoms with Gasteiger partial charge < -0.3 is 19.5 Å². The van der Waals surface area contributed by atoms with Crippen molar-refractivity contribution in [2.75, 3.05) is 14.2 Å². The van der Waals surface area contributed by atoms with Crippen molar-refractivity contribution in [3.8, 4) is 39.6 Å².